The summed E-state index contributed by atoms with van der Waals surface area (Å²) in [6.45, 7) is 2.36. The highest BCUT2D eigenvalue weighted by Crippen LogP contribution is 2.38. The van der Waals surface area contributed by atoms with E-state index in [0.29, 0.717) is 39.5 Å². The van der Waals surface area contributed by atoms with Crippen molar-refractivity contribution in [3.63, 3.8) is 0 Å². The van der Waals surface area contributed by atoms with Crippen LogP contribution < -0.4 is 14.2 Å². The van der Waals surface area contributed by atoms with Gasteiger partial charge in [0, 0.05) is 5.56 Å². The number of rotatable bonds is 7. The Bertz CT molecular complexity index is 775. The molecule has 0 fully saturated rings. The van der Waals surface area contributed by atoms with Crippen LogP contribution in [0.3, 0.4) is 0 Å². The second-order valence-corrected chi connectivity index (χ2v) is 5.83. The number of methoxy groups -OCH3 is 2. The Kier molecular flexibility index (Phi) is 6.73. The first-order valence-corrected chi connectivity index (χ1v) is 8.32. The van der Waals surface area contributed by atoms with Crippen molar-refractivity contribution in [1.82, 2.24) is 0 Å². The van der Waals surface area contributed by atoms with Crippen LogP contribution >= 0.6 is 23.2 Å². The molecule has 0 heterocycles. The third kappa shape index (κ3) is 4.68. The Hall–Kier alpha value is -2.17. The zero-order valence-corrected chi connectivity index (χ0v) is 15.6. The first-order chi connectivity index (χ1) is 12.0. The summed E-state index contributed by atoms with van der Waals surface area (Å²) in [6, 6.07) is 8.29. The second kappa shape index (κ2) is 8.79. The zero-order chi connectivity index (χ0) is 18.4. The molecule has 0 radical (unpaired) electrons. The van der Waals surface area contributed by atoms with Crippen LogP contribution in [0.15, 0.2) is 36.4 Å². The molecule has 0 saturated heterocycles. The molecule has 0 atom stereocenters. The average molecular weight is 381 g/mol. The maximum Gasteiger partial charge on any atom is 0.203 e. The van der Waals surface area contributed by atoms with E-state index < -0.39 is 0 Å². The third-order valence-electron chi connectivity index (χ3n) is 3.40. The molecule has 0 amide bonds. The molecule has 25 heavy (non-hydrogen) atoms. The van der Waals surface area contributed by atoms with Crippen molar-refractivity contribution in [2.75, 3.05) is 20.8 Å². The van der Waals surface area contributed by atoms with Crippen LogP contribution in [0.4, 0.5) is 0 Å². The van der Waals surface area contributed by atoms with Crippen LogP contribution in [0.25, 0.3) is 6.08 Å². The van der Waals surface area contributed by atoms with E-state index in [1.807, 2.05) is 6.92 Å². The van der Waals surface area contributed by atoms with E-state index in [0.717, 1.165) is 5.56 Å². The Balaban J connectivity index is 2.30. The van der Waals surface area contributed by atoms with Crippen LogP contribution in [0, 0.1) is 0 Å². The molecule has 4 nitrogen and oxygen atoms in total. The molecule has 0 unspecified atom stereocenters. The molecule has 0 aromatic heterocycles. The van der Waals surface area contributed by atoms with Gasteiger partial charge < -0.3 is 14.2 Å². The highest BCUT2D eigenvalue weighted by Gasteiger charge is 2.13. The van der Waals surface area contributed by atoms with Gasteiger partial charge in [-0.2, -0.15) is 0 Å². The van der Waals surface area contributed by atoms with Gasteiger partial charge in [-0.05, 0) is 48.9 Å². The Morgan fingerprint density at radius 2 is 1.68 bits per heavy atom. The molecule has 6 heteroatoms. The minimum absolute atomic E-state index is 0.189. The zero-order valence-electron chi connectivity index (χ0n) is 14.1. The maximum absolute atomic E-state index is 12.3. The van der Waals surface area contributed by atoms with Gasteiger partial charge in [0.1, 0.15) is 0 Å². The lowest BCUT2D eigenvalue weighted by molar-refractivity contribution is 0.104. The number of ether oxygens (including phenoxy) is 3. The maximum atomic E-state index is 12.3. The summed E-state index contributed by atoms with van der Waals surface area (Å²) < 4.78 is 16.2. The van der Waals surface area contributed by atoms with Crippen LogP contribution in [0.2, 0.25) is 10.0 Å². The van der Waals surface area contributed by atoms with Crippen LogP contribution in [0.1, 0.15) is 22.8 Å². The van der Waals surface area contributed by atoms with Gasteiger partial charge in [0.15, 0.2) is 17.3 Å². The van der Waals surface area contributed by atoms with Crippen molar-refractivity contribution in [3.8, 4) is 17.2 Å². The minimum Gasteiger partial charge on any atom is -0.493 e. The van der Waals surface area contributed by atoms with Gasteiger partial charge in [-0.3, -0.25) is 4.79 Å². The molecule has 0 aliphatic carbocycles. The molecule has 0 aliphatic heterocycles. The van der Waals surface area contributed by atoms with Gasteiger partial charge in [-0.15, -0.1) is 0 Å². The summed E-state index contributed by atoms with van der Waals surface area (Å²) in [6.07, 6.45) is 3.12. The van der Waals surface area contributed by atoms with Gasteiger partial charge >= 0.3 is 0 Å². The van der Waals surface area contributed by atoms with Crippen molar-refractivity contribution in [3.05, 3.63) is 57.6 Å². The standard InChI is InChI=1S/C19H18Cl2O4/c1-4-25-19-17(23-2)9-12(10-18(19)24-3)5-8-16(22)13-6-7-14(20)15(21)11-13/h5-11H,4H2,1-3H3. The van der Waals surface area contributed by atoms with Gasteiger partial charge in [-0.1, -0.05) is 29.3 Å². The molecule has 2 aromatic carbocycles. The SMILES string of the molecule is CCOc1c(OC)cc(C=CC(=O)c2ccc(Cl)c(Cl)c2)cc1OC. The van der Waals surface area contributed by atoms with E-state index in [1.165, 1.54) is 12.1 Å². The smallest absolute Gasteiger partial charge is 0.203 e. The van der Waals surface area contributed by atoms with E-state index >= 15 is 0 Å². The van der Waals surface area contributed by atoms with E-state index in [1.54, 1.807) is 44.6 Å². The van der Waals surface area contributed by atoms with Crippen LogP contribution in [0.5, 0.6) is 17.2 Å². The van der Waals surface area contributed by atoms with Crippen LogP contribution in [-0.4, -0.2) is 26.6 Å². The molecule has 0 aliphatic rings. The summed E-state index contributed by atoms with van der Waals surface area (Å²) in [5, 5.41) is 0.744. The third-order valence-corrected chi connectivity index (χ3v) is 4.14. The number of ketones is 1. The molecule has 2 aromatic rings. The predicted molar refractivity (Wildman–Crippen MR) is 101 cm³/mol. The number of hydrogen-bond acceptors (Lipinski definition) is 4. The Morgan fingerprint density at radius 1 is 1.04 bits per heavy atom. The summed E-state index contributed by atoms with van der Waals surface area (Å²) in [7, 11) is 3.09. The molecule has 132 valence electrons. The fraction of sp³-hybridized carbons (Fsp3) is 0.211. The molecular formula is C19H18Cl2O4. The monoisotopic (exact) mass is 380 g/mol. The van der Waals surface area contributed by atoms with Crippen LogP contribution in [-0.2, 0) is 0 Å². The Morgan fingerprint density at radius 3 is 2.20 bits per heavy atom. The Labute approximate surface area is 156 Å². The lowest BCUT2D eigenvalue weighted by Gasteiger charge is -2.14. The minimum atomic E-state index is -0.189. The summed E-state index contributed by atoms with van der Waals surface area (Å²) >= 11 is 11.8. The highest BCUT2D eigenvalue weighted by molar-refractivity contribution is 6.42. The fourth-order valence-corrected chi connectivity index (χ4v) is 2.50. The molecule has 0 N–H and O–H groups in total. The van der Waals surface area contributed by atoms with Crippen molar-refractivity contribution in [2.45, 2.75) is 6.92 Å². The summed E-state index contributed by atoms with van der Waals surface area (Å²) in [5.74, 6) is 1.40. The first-order valence-electron chi connectivity index (χ1n) is 7.56. The average Bonchev–Trinajstić information content (AvgIpc) is 2.62. The number of benzene rings is 2. The topological polar surface area (TPSA) is 44.8 Å². The molecule has 0 spiro atoms. The van der Waals surface area contributed by atoms with Crippen molar-refractivity contribution in [1.29, 1.82) is 0 Å². The molecule has 0 bridgehead atoms. The van der Waals surface area contributed by atoms with E-state index in [2.05, 4.69) is 0 Å². The predicted octanol–water partition coefficient (Wildman–Crippen LogP) is 5.31. The van der Waals surface area contributed by atoms with Gasteiger partial charge in [0.05, 0.1) is 30.9 Å². The number of hydrogen-bond donors (Lipinski definition) is 0. The van der Waals surface area contributed by atoms with Crippen molar-refractivity contribution < 1.29 is 19.0 Å². The van der Waals surface area contributed by atoms with E-state index in [4.69, 9.17) is 37.4 Å². The first kappa shape index (κ1) is 19.2. The van der Waals surface area contributed by atoms with E-state index in [-0.39, 0.29) is 5.78 Å². The number of carbonyl (C=O) groups is 1. The lowest BCUT2D eigenvalue weighted by atomic mass is 10.1. The van der Waals surface area contributed by atoms with Gasteiger partial charge in [-0.25, -0.2) is 0 Å². The largest absolute Gasteiger partial charge is 0.493 e. The fourth-order valence-electron chi connectivity index (χ4n) is 2.20. The molecule has 2 rings (SSSR count). The quantitative estimate of drug-likeness (QED) is 0.482. The second-order valence-electron chi connectivity index (χ2n) is 5.01. The number of allylic oxidation sites excluding steroid dienone is 1. The van der Waals surface area contributed by atoms with Crippen molar-refractivity contribution in [2.24, 2.45) is 0 Å². The van der Waals surface area contributed by atoms with Gasteiger partial charge in [0.25, 0.3) is 0 Å². The number of carbonyl (C=O) groups excluding carboxylic acids is 1. The lowest BCUT2D eigenvalue weighted by Crippen LogP contribution is -1.99. The molecule has 0 saturated carbocycles. The summed E-state index contributed by atoms with van der Waals surface area (Å²) in [5.41, 5.74) is 1.20. The number of halogens is 2. The molecular weight excluding hydrogens is 363 g/mol. The summed E-state index contributed by atoms with van der Waals surface area (Å²) in [4.78, 5) is 12.3. The van der Waals surface area contributed by atoms with Gasteiger partial charge in [0.2, 0.25) is 5.75 Å². The van der Waals surface area contributed by atoms with E-state index in [9.17, 15) is 4.79 Å². The van der Waals surface area contributed by atoms with Crippen molar-refractivity contribution >= 4 is 35.1 Å². The highest BCUT2D eigenvalue weighted by atomic mass is 35.5. The normalized spacial score (nSPS) is 10.8.